The fourth-order valence-electron chi connectivity index (χ4n) is 1.72. The minimum absolute atomic E-state index is 0.506. The quantitative estimate of drug-likeness (QED) is 0.347. The Morgan fingerprint density at radius 1 is 0.905 bits per heavy atom. The van der Waals surface area contributed by atoms with Crippen molar-refractivity contribution < 1.29 is 0 Å². The van der Waals surface area contributed by atoms with Crippen molar-refractivity contribution in [3.63, 3.8) is 0 Å². The van der Waals surface area contributed by atoms with Crippen molar-refractivity contribution in [2.24, 2.45) is 17.2 Å². The van der Waals surface area contributed by atoms with Gasteiger partial charge in [0, 0.05) is 17.8 Å². The molecule has 1 aliphatic carbocycles. The highest BCUT2D eigenvalue weighted by Crippen LogP contribution is 2.30. The SMILES string of the molecule is ClC(Cl)(Cl)Cl.NC1=CC=C(c2ccc(N)cc2)CC1(N)N. The fourth-order valence-corrected chi connectivity index (χ4v) is 1.72. The predicted molar refractivity (Wildman–Crippen MR) is 93.0 cm³/mol. The van der Waals surface area contributed by atoms with E-state index in [2.05, 4.69) is 0 Å². The van der Waals surface area contributed by atoms with Gasteiger partial charge >= 0.3 is 0 Å². The predicted octanol–water partition coefficient (Wildman–Crippen LogP) is 3.07. The van der Waals surface area contributed by atoms with E-state index >= 15 is 0 Å². The average molecular weight is 370 g/mol. The lowest BCUT2D eigenvalue weighted by molar-refractivity contribution is 0.523. The smallest absolute Gasteiger partial charge is 0.266 e. The Hall–Kier alpha value is -0.620. The van der Waals surface area contributed by atoms with E-state index in [1.54, 1.807) is 6.08 Å². The molecular weight excluding hydrogens is 354 g/mol. The Balaban J connectivity index is 0.000000383. The number of alkyl halides is 4. The van der Waals surface area contributed by atoms with Crippen molar-refractivity contribution in [1.82, 2.24) is 0 Å². The van der Waals surface area contributed by atoms with Gasteiger partial charge in [0.1, 0.15) is 5.66 Å². The van der Waals surface area contributed by atoms with Crippen LogP contribution in [0.25, 0.3) is 5.57 Å². The van der Waals surface area contributed by atoms with Crippen molar-refractivity contribution in [1.29, 1.82) is 0 Å². The summed E-state index contributed by atoms with van der Waals surface area (Å²) < 4.78 is -1.61. The van der Waals surface area contributed by atoms with Crippen LogP contribution in [0.3, 0.4) is 0 Å². The summed E-state index contributed by atoms with van der Waals surface area (Å²) in [6, 6.07) is 7.61. The number of nitrogens with two attached hydrogens (primary N) is 4. The summed E-state index contributed by atoms with van der Waals surface area (Å²) >= 11 is 19.3. The molecule has 8 heteroatoms. The number of hydrogen-bond acceptors (Lipinski definition) is 4. The Morgan fingerprint density at radius 2 is 1.38 bits per heavy atom. The van der Waals surface area contributed by atoms with Crippen LogP contribution in [-0.2, 0) is 0 Å². The van der Waals surface area contributed by atoms with Gasteiger partial charge in [-0.15, -0.1) is 0 Å². The Morgan fingerprint density at radius 3 is 1.81 bits per heavy atom. The van der Waals surface area contributed by atoms with Crippen LogP contribution in [0.15, 0.2) is 42.1 Å². The molecule has 2 rings (SSSR count). The van der Waals surface area contributed by atoms with E-state index in [-0.39, 0.29) is 0 Å². The zero-order valence-electron chi connectivity index (χ0n) is 11.0. The molecule has 8 N–H and O–H groups in total. The molecule has 116 valence electrons. The molecule has 0 saturated carbocycles. The number of anilines is 1. The van der Waals surface area contributed by atoms with E-state index < -0.39 is 8.91 Å². The van der Waals surface area contributed by atoms with E-state index in [1.807, 2.05) is 30.3 Å². The largest absolute Gasteiger partial charge is 0.399 e. The number of halogens is 4. The minimum Gasteiger partial charge on any atom is -0.399 e. The van der Waals surface area contributed by atoms with E-state index in [4.69, 9.17) is 69.3 Å². The lowest BCUT2D eigenvalue weighted by atomic mass is 9.89. The molecule has 1 aromatic carbocycles. The van der Waals surface area contributed by atoms with Gasteiger partial charge in [-0.2, -0.15) is 0 Å². The van der Waals surface area contributed by atoms with Crippen LogP contribution >= 0.6 is 46.4 Å². The maximum Gasteiger partial charge on any atom is 0.266 e. The molecule has 1 aliphatic rings. The van der Waals surface area contributed by atoms with Gasteiger partial charge < -0.3 is 22.9 Å². The molecule has 0 bridgehead atoms. The first-order valence-electron chi connectivity index (χ1n) is 5.85. The summed E-state index contributed by atoms with van der Waals surface area (Å²) in [5.41, 5.74) is 25.6. The highest BCUT2D eigenvalue weighted by atomic mass is 35.6. The Kier molecular flexibility index (Phi) is 6.23. The number of rotatable bonds is 1. The fraction of sp³-hybridized carbons (Fsp3) is 0.231. The van der Waals surface area contributed by atoms with Crippen LogP contribution in [-0.4, -0.2) is 8.91 Å². The van der Waals surface area contributed by atoms with Crippen molar-refractivity contribution in [3.05, 3.63) is 47.7 Å². The summed E-state index contributed by atoms with van der Waals surface area (Å²) in [7, 11) is 0. The van der Waals surface area contributed by atoms with E-state index in [0.29, 0.717) is 12.1 Å². The van der Waals surface area contributed by atoms with Crippen LogP contribution in [0, 0.1) is 0 Å². The molecule has 0 aliphatic heterocycles. The van der Waals surface area contributed by atoms with Crippen molar-refractivity contribution in [3.8, 4) is 0 Å². The molecule has 0 unspecified atom stereocenters. The highest BCUT2D eigenvalue weighted by Gasteiger charge is 2.26. The second kappa shape index (κ2) is 7.09. The van der Waals surface area contributed by atoms with Crippen molar-refractivity contribution >= 4 is 57.7 Å². The average Bonchev–Trinajstić information content (AvgIpc) is 2.31. The van der Waals surface area contributed by atoms with Crippen LogP contribution in [0.1, 0.15) is 12.0 Å². The molecule has 21 heavy (non-hydrogen) atoms. The topological polar surface area (TPSA) is 104 Å². The van der Waals surface area contributed by atoms with Crippen molar-refractivity contribution in [2.45, 2.75) is 15.3 Å². The molecule has 0 fully saturated rings. The third-order valence-corrected chi connectivity index (χ3v) is 2.77. The van der Waals surface area contributed by atoms with Crippen molar-refractivity contribution in [2.75, 3.05) is 5.73 Å². The first-order chi connectivity index (χ1) is 9.49. The summed E-state index contributed by atoms with van der Waals surface area (Å²) in [6.45, 7) is 0. The van der Waals surface area contributed by atoms with E-state index in [9.17, 15) is 0 Å². The number of hydrogen-bond donors (Lipinski definition) is 4. The lowest BCUT2D eigenvalue weighted by Gasteiger charge is -2.29. The molecular formula is C13H16Cl4N4. The second-order valence-electron chi connectivity index (χ2n) is 4.58. The molecule has 0 atom stereocenters. The maximum absolute atomic E-state index is 5.90. The van der Waals surface area contributed by atoms with Gasteiger partial charge in [-0.05, 0) is 29.3 Å². The molecule has 4 nitrogen and oxygen atoms in total. The molecule has 0 spiro atoms. The van der Waals surface area contributed by atoms with Gasteiger partial charge in [0.2, 0.25) is 0 Å². The Bertz CT molecular complexity index is 538. The molecule has 0 radical (unpaired) electrons. The zero-order valence-corrected chi connectivity index (χ0v) is 14.0. The van der Waals surface area contributed by atoms with Gasteiger partial charge in [0.05, 0.1) is 0 Å². The number of nitrogen functional groups attached to an aromatic ring is 1. The minimum atomic E-state index is -1.61. The van der Waals surface area contributed by atoms with Crippen LogP contribution < -0.4 is 22.9 Å². The Labute approximate surface area is 143 Å². The maximum atomic E-state index is 5.90. The van der Waals surface area contributed by atoms with E-state index in [1.165, 1.54) is 0 Å². The molecule has 1 aromatic rings. The van der Waals surface area contributed by atoms with Gasteiger partial charge in [0.15, 0.2) is 0 Å². The van der Waals surface area contributed by atoms with Crippen LogP contribution in [0.5, 0.6) is 0 Å². The first kappa shape index (κ1) is 18.4. The number of benzene rings is 1. The second-order valence-corrected chi connectivity index (χ2v) is 8.01. The molecule has 0 saturated heterocycles. The molecule has 0 amide bonds. The van der Waals surface area contributed by atoms with E-state index in [0.717, 1.165) is 16.8 Å². The van der Waals surface area contributed by atoms with Gasteiger partial charge in [-0.3, -0.25) is 0 Å². The van der Waals surface area contributed by atoms with Crippen LogP contribution in [0.2, 0.25) is 0 Å². The van der Waals surface area contributed by atoms with Gasteiger partial charge in [-0.1, -0.05) is 64.6 Å². The van der Waals surface area contributed by atoms with Gasteiger partial charge in [-0.25, -0.2) is 0 Å². The monoisotopic (exact) mass is 368 g/mol. The first-order valence-corrected chi connectivity index (χ1v) is 7.36. The van der Waals surface area contributed by atoms with Gasteiger partial charge in [0.25, 0.3) is 3.25 Å². The summed E-state index contributed by atoms with van der Waals surface area (Å²) in [5, 5.41) is 0. The molecule has 0 heterocycles. The summed E-state index contributed by atoms with van der Waals surface area (Å²) in [5.74, 6) is 0. The third-order valence-electron chi connectivity index (χ3n) is 2.77. The normalized spacial score (nSPS) is 17.2. The zero-order chi connectivity index (χ0) is 16.3. The lowest BCUT2D eigenvalue weighted by Crippen LogP contribution is -2.54. The van der Waals surface area contributed by atoms with Crippen LogP contribution in [0.4, 0.5) is 5.69 Å². The number of allylic oxidation sites excluding steroid dienone is 2. The summed E-state index contributed by atoms with van der Waals surface area (Å²) in [6.07, 6.45) is 4.23. The summed E-state index contributed by atoms with van der Waals surface area (Å²) in [4.78, 5) is 0. The molecule has 0 aromatic heterocycles. The third kappa shape index (κ3) is 6.78. The standard InChI is InChI=1S/C12H16N4.CCl4/c13-10-4-1-8(2-5-10)9-3-6-11(14)12(15,16)7-9;2-1(3,4)5/h1-6H,7,13-16H2;. The highest BCUT2D eigenvalue weighted by molar-refractivity contribution is 6.83.